The fourth-order valence-electron chi connectivity index (χ4n) is 7.89. The lowest BCUT2D eigenvalue weighted by Crippen LogP contribution is -2.30. The van der Waals surface area contributed by atoms with E-state index >= 15 is 0 Å². The fraction of sp³-hybridized carbons (Fsp3) is 0.623. The van der Waals surface area contributed by atoms with Crippen LogP contribution in [0.5, 0.6) is 0 Å². The lowest BCUT2D eigenvalue weighted by Gasteiger charge is -2.18. The van der Waals surface area contributed by atoms with Crippen molar-refractivity contribution in [1.29, 1.82) is 0 Å². The average molecular weight is 1020 g/mol. The molecule has 0 aromatic rings. The molecule has 0 saturated carbocycles. The van der Waals surface area contributed by atoms with Crippen LogP contribution in [0, 0.1) is 0 Å². The molecule has 0 saturated heterocycles. The van der Waals surface area contributed by atoms with Gasteiger partial charge in [0.15, 0.2) is 6.10 Å². The van der Waals surface area contributed by atoms with Crippen molar-refractivity contribution in [3.8, 4) is 0 Å². The molecule has 1 atom stereocenters. The molecule has 0 aliphatic carbocycles. The number of rotatable bonds is 54. The molecule has 0 fully saturated rings. The lowest BCUT2D eigenvalue weighted by atomic mass is 10.1. The summed E-state index contributed by atoms with van der Waals surface area (Å²) in [6.07, 6.45) is 91.6. The molecule has 0 aliphatic heterocycles. The SMILES string of the molecule is CC/C=C\C/C=C\C/C=C\C/C=C\C/C=C\CCCCCC(=O)OCC(COCCCCCCCCC/C=C\C/C=C\C/C=C\CCCCC)OC(=O)CCCCCCCC/C=C\C/C=C\C/C=C\C/C=C\CC. The van der Waals surface area contributed by atoms with Crippen LogP contribution in [0.4, 0.5) is 0 Å². The Morgan fingerprint density at radius 3 is 0.986 bits per heavy atom. The molecular formula is C69H112O5. The normalized spacial score (nSPS) is 13.3. The van der Waals surface area contributed by atoms with Gasteiger partial charge in [-0.15, -0.1) is 0 Å². The predicted molar refractivity (Wildman–Crippen MR) is 325 cm³/mol. The van der Waals surface area contributed by atoms with Gasteiger partial charge in [-0.05, 0) is 141 Å². The van der Waals surface area contributed by atoms with Crippen molar-refractivity contribution < 1.29 is 23.8 Å². The average Bonchev–Trinajstić information content (AvgIpc) is 3.40. The number of hydrogen-bond acceptors (Lipinski definition) is 5. The molecule has 5 heteroatoms. The van der Waals surface area contributed by atoms with E-state index in [1.165, 1.54) is 83.5 Å². The lowest BCUT2D eigenvalue weighted by molar-refractivity contribution is -0.163. The zero-order valence-electron chi connectivity index (χ0n) is 48.1. The molecule has 0 bridgehead atoms. The number of unbranched alkanes of at least 4 members (excludes halogenated alkanes) is 19. The van der Waals surface area contributed by atoms with E-state index in [2.05, 4.69) is 167 Å². The summed E-state index contributed by atoms with van der Waals surface area (Å²) in [5.74, 6) is -0.462. The van der Waals surface area contributed by atoms with E-state index in [1.54, 1.807) is 0 Å². The highest BCUT2D eigenvalue weighted by molar-refractivity contribution is 5.70. The Labute approximate surface area is 457 Å². The summed E-state index contributed by atoms with van der Waals surface area (Å²) >= 11 is 0. The highest BCUT2D eigenvalue weighted by atomic mass is 16.6. The first-order chi connectivity index (χ1) is 36.6. The maximum absolute atomic E-state index is 12.9. The van der Waals surface area contributed by atoms with E-state index in [4.69, 9.17) is 14.2 Å². The van der Waals surface area contributed by atoms with Gasteiger partial charge in [0.05, 0.1) is 6.61 Å². The van der Waals surface area contributed by atoms with E-state index < -0.39 is 6.10 Å². The van der Waals surface area contributed by atoms with Crippen molar-refractivity contribution >= 4 is 11.9 Å². The van der Waals surface area contributed by atoms with Crippen LogP contribution in [0.3, 0.4) is 0 Å². The first-order valence-corrected chi connectivity index (χ1v) is 30.4. The standard InChI is InChI=1S/C69H112O5/c1-4-7-10-13-16-19-22-25-28-31-34-37-40-43-46-49-52-55-58-61-64-72-65-67(74-69(71)63-60-57-54-51-48-45-42-39-36-33-30-27-24-21-18-15-12-9-6-3)66-73-68(70)62-59-56-53-50-47-44-41-38-35-32-29-26-23-20-17-14-11-8-5-2/h8-9,11-12,16-21,25-30,34-39,44,47,67H,4-7,10,13-15,22-24,31-33,40-43,45-46,48-66H2,1-3H3/b11-8-,12-9-,19-16-,20-17-,21-18-,28-25-,29-26-,30-27-,37-34-,38-35-,39-36-,47-44-. The molecule has 418 valence electrons. The maximum atomic E-state index is 12.9. The maximum Gasteiger partial charge on any atom is 0.306 e. The van der Waals surface area contributed by atoms with Crippen LogP contribution < -0.4 is 0 Å². The molecule has 0 heterocycles. The largest absolute Gasteiger partial charge is 0.462 e. The number of hydrogen-bond donors (Lipinski definition) is 0. The third-order valence-electron chi connectivity index (χ3n) is 12.3. The quantitative estimate of drug-likeness (QED) is 0.0345. The molecular weight excluding hydrogens is 909 g/mol. The number of allylic oxidation sites excluding steroid dienone is 24. The van der Waals surface area contributed by atoms with Crippen molar-refractivity contribution in [3.63, 3.8) is 0 Å². The van der Waals surface area contributed by atoms with Gasteiger partial charge in [-0.2, -0.15) is 0 Å². The van der Waals surface area contributed by atoms with Crippen molar-refractivity contribution in [1.82, 2.24) is 0 Å². The highest BCUT2D eigenvalue weighted by Gasteiger charge is 2.17. The summed E-state index contributed by atoms with van der Waals surface area (Å²) in [4.78, 5) is 25.6. The molecule has 0 aliphatic rings. The van der Waals surface area contributed by atoms with E-state index in [9.17, 15) is 9.59 Å². The van der Waals surface area contributed by atoms with Gasteiger partial charge in [0.1, 0.15) is 6.61 Å². The summed E-state index contributed by atoms with van der Waals surface area (Å²) in [5.41, 5.74) is 0. The third kappa shape index (κ3) is 60.3. The minimum absolute atomic E-state index is 0.0482. The Bertz CT molecular complexity index is 1580. The minimum atomic E-state index is -0.576. The number of carbonyl (C=O) groups is 2. The van der Waals surface area contributed by atoms with Gasteiger partial charge in [-0.3, -0.25) is 9.59 Å². The molecule has 74 heavy (non-hydrogen) atoms. The zero-order chi connectivity index (χ0) is 53.4. The molecule has 5 nitrogen and oxygen atoms in total. The molecule has 0 aromatic heterocycles. The number of esters is 2. The molecule has 0 amide bonds. The van der Waals surface area contributed by atoms with Crippen molar-refractivity contribution in [3.05, 3.63) is 146 Å². The van der Waals surface area contributed by atoms with Gasteiger partial charge in [0.25, 0.3) is 0 Å². The van der Waals surface area contributed by atoms with Gasteiger partial charge in [0, 0.05) is 19.4 Å². The van der Waals surface area contributed by atoms with Crippen molar-refractivity contribution in [2.75, 3.05) is 19.8 Å². The summed E-state index contributed by atoms with van der Waals surface area (Å²) < 4.78 is 17.5. The molecule has 0 radical (unpaired) electrons. The van der Waals surface area contributed by atoms with Crippen molar-refractivity contribution in [2.45, 2.75) is 258 Å². The van der Waals surface area contributed by atoms with Crippen LogP contribution in [0.2, 0.25) is 0 Å². The second kappa shape index (κ2) is 63.1. The van der Waals surface area contributed by atoms with Crippen LogP contribution in [0.15, 0.2) is 146 Å². The van der Waals surface area contributed by atoms with E-state index in [0.717, 1.165) is 135 Å². The Hall–Kier alpha value is -4.22. The molecule has 0 N–H and O–H groups in total. The minimum Gasteiger partial charge on any atom is -0.462 e. The predicted octanol–water partition coefficient (Wildman–Crippen LogP) is 21.2. The van der Waals surface area contributed by atoms with E-state index in [1.807, 2.05) is 0 Å². The second-order valence-electron chi connectivity index (χ2n) is 19.5. The van der Waals surface area contributed by atoms with Gasteiger partial charge < -0.3 is 14.2 Å². The van der Waals surface area contributed by atoms with Gasteiger partial charge in [0.2, 0.25) is 0 Å². The van der Waals surface area contributed by atoms with Gasteiger partial charge in [-0.25, -0.2) is 0 Å². The van der Waals surface area contributed by atoms with Gasteiger partial charge in [-0.1, -0.05) is 244 Å². The Kier molecular flexibility index (Phi) is 59.5. The smallest absolute Gasteiger partial charge is 0.306 e. The van der Waals surface area contributed by atoms with E-state index in [0.29, 0.717) is 19.4 Å². The zero-order valence-corrected chi connectivity index (χ0v) is 48.1. The third-order valence-corrected chi connectivity index (χ3v) is 12.3. The first-order valence-electron chi connectivity index (χ1n) is 30.4. The first kappa shape index (κ1) is 69.8. The highest BCUT2D eigenvalue weighted by Crippen LogP contribution is 2.13. The van der Waals surface area contributed by atoms with Crippen molar-refractivity contribution in [2.24, 2.45) is 0 Å². The Morgan fingerprint density at radius 1 is 0.311 bits per heavy atom. The van der Waals surface area contributed by atoms with Crippen LogP contribution in [-0.4, -0.2) is 37.9 Å². The molecule has 0 aromatic carbocycles. The number of ether oxygens (including phenoxy) is 3. The Balaban J connectivity index is 4.43. The van der Waals surface area contributed by atoms with Gasteiger partial charge >= 0.3 is 11.9 Å². The summed E-state index contributed by atoms with van der Waals surface area (Å²) in [6.45, 7) is 7.50. The van der Waals surface area contributed by atoms with Crippen LogP contribution in [0.1, 0.15) is 252 Å². The summed E-state index contributed by atoms with van der Waals surface area (Å²) in [7, 11) is 0. The van der Waals surface area contributed by atoms with Crippen LogP contribution in [-0.2, 0) is 23.8 Å². The molecule has 0 rings (SSSR count). The second-order valence-corrected chi connectivity index (χ2v) is 19.5. The van der Waals surface area contributed by atoms with Crippen LogP contribution >= 0.6 is 0 Å². The molecule has 1 unspecified atom stereocenters. The Morgan fingerprint density at radius 2 is 0.608 bits per heavy atom. The van der Waals surface area contributed by atoms with E-state index in [-0.39, 0.29) is 25.2 Å². The fourth-order valence-corrected chi connectivity index (χ4v) is 7.89. The number of carbonyl (C=O) groups excluding carboxylic acids is 2. The topological polar surface area (TPSA) is 61.8 Å². The van der Waals surface area contributed by atoms with Crippen LogP contribution in [0.25, 0.3) is 0 Å². The monoisotopic (exact) mass is 1020 g/mol. The molecule has 0 spiro atoms. The summed E-state index contributed by atoms with van der Waals surface area (Å²) in [5, 5.41) is 0. The summed E-state index contributed by atoms with van der Waals surface area (Å²) in [6, 6.07) is 0.